The van der Waals surface area contributed by atoms with Gasteiger partial charge < -0.3 is 10.4 Å². The van der Waals surface area contributed by atoms with Gasteiger partial charge in [0.15, 0.2) is 0 Å². The molecule has 1 saturated heterocycles. The summed E-state index contributed by atoms with van der Waals surface area (Å²) in [5.74, 6) is 1.32. The molecule has 1 saturated carbocycles. The smallest absolute Gasteiger partial charge is 0.116 e. The Morgan fingerprint density at radius 3 is 2.18 bits per heavy atom. The van der Waals surface area contributed by atoms with Crippen LogP contribution in [0.25, 0.3) is 0 Å². The number of halogens is 2. The van der Waals surface area contributed by atoms with E-state index in [9.17, 15) is 5.11 Å². The summed E-state index contributed by atoms with van der Waals surface area (Å²) in [6.07, 6.45) is 4.09. The van der Waals surface area contributed by atoms with E-state index in [4.69, 9.17) is 0 Å². The zero-order chi connectivity index (χ0) is 14.1. The fraction of sp³-hybridized carbons (Fsp3) is 0.647. The fourth-order valence-corrected chi connectivity index (χ4v) is 3.59. The number of benzene rings is 1. The van der Waals surface area contributed by atoms with Crippen LogP contribution in [-0.2, 0) is 0 Å². The molecule has 126 valence electrons. The third-order valence-corrected chi connectivity index (χ3v) is 4.76. The summed E-state index contributed by atoms with van der Waals surface area (Å²) < 4.78 is 0. The summed E-state index contributed by atoms with van der Waals surface area (Å²) in [6.45, 7) is 8.75. The van der Waals surface area contributed by atoms with Crippen LogP contribution >= 0.6 is 24.8 Å². The average Bonchev–Trinajstić information content (AvgIpc) is 3.21. The number of phenols is 1. The summed E-state index contributed by atoms with van der Waals surface area (Å²) in [5, 5.41) is 13.2. The Balaban J connectivity index is 0.00000121. The van der Waals surface area contributed by atoms with Gasteiger partial charge in [0.05, 0.1) is 0 Å². The average molecular weight is 347 g/mol. The van der Waals surface area contributed by atoms with E-state index in [1.807, 2.05) is 12.1 Å². The SMILES string of the molecule is Cc1cc(O)cc(C)c1[C@H](CC1CC1)N1CCNCC1.Cl.Cl. The van der Waals surface area contributed by atoms with E-state index in [2.05, 4.69) is 24.1 Å². The molecular weight excluding hydrogens is 319 g/mol. The van der Waals surface area contributed by atoms with Gasteiger partial charge in [0.25, 0.3) is 0 Å². The highest BCUT2D eigenvalue weighted by Gasteiger charge is 2.31. The van der Waals surface area contributed by atoms with Crippen molar-refractivity contribution in [2.45, 2.75) is 39.2 Å². The first-order valence-corrected chi connectivity index (χ1v) is 7.90. The number of piperazine rings is 1. The number of hydrogen-bond donors (Lipinski definition) is 2. The van der Waals surface area contributed by atoms with E-state index in [-0.39, 0.29) is 24.8 Å². The molecule has 0 radical (unpaired) electrons. The largest absolute Gasteiger partial charge is 0.508 e. The van der Waals surface area contributed by atoms with Gasteiger partial charge in [-0.1, -0.05) is 12.8 Å². The molecule has 5 heteroatoms. The molecule has 0 bridgehead atoms. The maximum atomic E-state index is 9.78. The Kier molecular flexibility index (Phi) is 7.47. The van der Waals surface area contributed by atoms with Crippen LogP contribution in [0.3, 0.4) is 0 Å². The van der Waals surface area contributed by atoms with Crippen molar-refractivity contribution in [3.63, 3.8) is 0 Å². The van der Waals surface area contributed by atoms with Crippen LogP contribution in [0.2, 0.25) is 0 Å². The second-order valence-electron chi connectivity index (χ2n) is 6.47. The number of nitrogens with zero attached hydrogens (tertiary/aromatic N) is 1. The van der Waals surface area contributed by atoms with Crippen LogP contribution < -0.4 is 5.32 Å². The Hall–Kier alpha value is -0.480. The second-order valence-corrected chi connectivity index (χ2v) is 6.47. The fourth-order valence-electron chi connectivity index (χ4n) is 3.59. The molecule has 1 heterocycles. The van der Waals surface area contributed by atoms with Crippen LogP contribution in [-0.4, -0.2) is 36.2 Å². The molecule has 3 rings (SSSR count). The molecule has 1 aromatic rings. The summed E-state index contributed by atoms with van der Waals surface area (Å²) >= 11 is 0. The minimum atomic E-state index is 0. The molecular formula is C17H28Cl2N2O. The minimum Gasteiger partial charge on any atom is -0.508 e. The monoisotopic (exact) mass is 346 g/mol. The molecule has 1 aromatic carbocycles. The van der Waals surface area contributed by atoms with Crippen LogP contribution in [0.4, 0.5) is 0 Å². The lowest BCUT2D eigenvalue weighted by Gasteiger charge is -2.37. The zero-order valence-electron chi connectivity index (χ0n) is 13.5. The molecule has 2 aliphatic rings. The van der Waals surface area contributed by atoms with E-state index < -0.39 is 0 Å². The number of aryl methyl sites for hydroxylation is 2. The van der Waals surface area contributed by atoms with Gasteiger partial charge in [0.2, 0.25) is 0 Å². The minimum absolute atomic E-state index is 0. The van der Waals surface area contributed by atoms with E-state index in [0.717, 1.165) is 32.1 Å². The quantitative estimate of drug-likeness (QED) is 0.874. The number of rotatable bonds is 4. The standard InChI is InChI=1S/C17H26N2O.2ClH/c1-12-9-15(20)10-13(2)17(12)16(11-14-3-4-14)19-7-5-18-6-8-19;;/h9-10,14,16,18,20H,3-8,11H2,1-2H3;2*1H/t16-;;/m0../s1. The molecule has 0 unspecified atom stereocenters. The normalized spacial score (nSPS) is 19.9. The summed E-state index contributed by atoms with van der Waals surface area (Å²) in [6, 6.07) is 4.37. The van der Waals surface area contributed by atoms with E-state index >= 15 is 0 Å². The third kappa shape index (κ3) is 4.51. The van der Waals surface area contributed by atoms with Crippen LogP contribution in [0.5, 0.6) is 5.75 Å². The van der Waals surface area contributed by atoms with Crippen molar-refractivity contribution in [3.8, 4) is 5.75 Å². The first-order chi connectivity index (χ1) is 9.65. The molecule has 22 heavy (non-hydrogen) atoms. The van der Waals surface area contributed by atoms with Gasteiger partial charge in [-0.3, -0.25) is 4.90 Å². The van der Waals surface area contributed by atoms with Crippen LogP contribution in [0.15, 0.2) is 12.1 Å². The summed E-state index contributed by atoms with van der Waals surface area (Å²) in [4.78, 5) is 2.64. The Morgan fingerprint density at radius 2 is 1.68 bits per heavy atom. The van der Waals surface area contributed by atoms with Crippen molar-refractivity contribution in [1.82, 2.24) is 10.2 Å². The van der Waals surface area contributed by atoms with Crippen molar-refractivity contribution >= 4 is 24.8 Å². The molecule has 2 N–H and O–H groups in total. The van der Waals surface area contributed by atoms with Gasteiger partial charge in [-0.25, -0.2) is 0 Å². The van der Waals surface area contributed by atoms with E-state index in [0.29, 0.717) is 11.8 Å². The molecule has 1 aliphatic heterocycles. The lowest BCUT2D eigenvalue weighted by atomic mass is 9.91. The first kappa shape index (κ1) is 19.6. The van der Waals surface area contributed by atoms with Gasteiger partial charge in [-0.2, -0.15) is 0 Å². The highest BCUT2D eigenvalue weighted by atomic mass is 35.5. The van der Waals surface area contributed by atoms with Crippen molar-refractivity contribution in [2.75, 3.05) is 26.2 Å². The lowest BCUT2D eigenvalue weighted by molar-refractivity contribution is 0.159. The number of nitrogens with one attached hydrogen (secondary N) is 1. The van der Waals surface area contributed by atoms with Gasteiger partial charge in [-0.05, 0) is 55.0 Å². The Morgan fingerprint density at radius 1 is 1.14 bits per heavy atom. The molecule has 0 spiro atoms. The Bertz CT molecular complexity index is 463. The van der Waals surface area contributed by atoms with Gasteiger partial charge in [0, 0.05) is 32.2 Å². The predicted molar refractivity (Wildman–Crippen MR) is 96.6 cm³/mol. The molecule has 2 fully saturated rings. The highest BCUT2D eigenvalue weighted by molar-refractivity contribution is 5.85. The van der Waals surface area contributed by atoms with Gasteiger partial charge in [-0.15, -0.1) is 24.8 Å². The maximum absolute atomic E-state index is 9.78. The van der Waals surface area contributed by atoms with E-state index in [1.165, 1.54) is 36.0 Å². The maximum Gasteiger partial charge on any atom is 0.116 e. The predicted octanol–water partition coefficient (Wildman–Crippen LogP) is 3.60. The van der Waals surface area contributed by atoms with Crippen LogP contribution in [0.1, 0.15) is 42.0 Å². The summed E-state index contributed by atoms with van der Waals surface area (Å²) in [7, 11) is 0. The third-order valence-electron chi connectivity index (χ3n) is 4.76. The van der Waals surface area contributed by atoms with Gasteiger partial charge in [0.1, 0.15) is 5.75 Å². The topological polar surface area (TPSA) is 35.5 Å². The van der Waals surface area contributed by atoms with Crippen molar-refractivity contribution in [1.29, 1.82) is 0 Å². The highest BCUT2D eigenvalue weighted by Crippen LogP contribution is 2.42. The lowest BCUT2D eigenvalue weighted by Crippen LogP contribution is -2.45. The molecule has 1 atom stereocenters. The number of phenolic OH excluding ortho intramolecular Hbond substituents is 1. The first-order valence-electron chi connectivity index (χ1n) is 7.90. The molecule has 0 amide bonds. The summed E-state index contributed by atoms with van der Waals surface area (Å²) in [5.41, 5.74) is 3.94. The van der Waals surface area contributed by atoms with Crippen LogP contribution in [0, 0.1) is 19.8 Å². The second kappa shape index (κ2) is 8.39. The molecule has 1 aliphatic carbocycles. The van der Waals surface area contributed by atoms with Crippen molar-refractivity contribution in [3.05, 3.63) is 28.8 Å². The van der Waals surface area contributed by atoms with Gasteiger partial charge >= 0.3 is 0 Å². The van der Waals surface area contributed by atoms with Crippen molar-refractivity contribution in [2.24, 2.45) is 5.92 Å². The Labute approximate surface area is 146 Å². The number of hydrogen-bond acceptors (Lipinski definition) is 3. The molecule has 0 aromatic heterocycles. The number of aromatic hydroxyl groups is 1. The van der Waals surface area contributed by atoms with E-state index in [1.54, 1.807) is 0 Å². The molecule has 3 nitrogen and oxygen atoms in total. The van der Waals surface area contributed by atoms with Crippen molar-refractivity contribution < 1.29 is 5.11 Å². The zero-order valence-corrected chi connectivity index (χ0v) is 15.1.